The molecule has 0 aliphatic carbocycles. The molecule has 0 saturated carbocycles. The highest BCUT2D eigenvalue weighted by Crippen LogP contribution is 2.37. The molecule has 1 aliphatic rings. The van der Waals surface area contributed by atoms with Gasteiger partial charge in [-0.3, -0.25) is 0 Å². The van der Waals surface area contributed by atoms with Crippen molar-refractivity contribution in [1.82, 2.24) is 4.72 Å². The van der Waals surface area contributed by atoms with Gasteiger partial charge in [-0.1, -0.05) is 23.7 Å². The molecule has 0 bridgehead atoms. The Hall–Kier alpha value is -1.86. The second-order valence-electron chi connectivity index (χ2n) is 5.65. The highest BCUT2D eigenvalue weighted by molar-refractivity contribution is 7.90. The highest BCUT2D eigenvalue weighted by atomic mass is 35.5. The zero-order valence-electron chi connectivity index (χ0n) is 13.1. The molecular weight excluding hydrogens is 431 g/mol. The molecule has 146 valence electrons. The van der Waals surface area contributed by atoms with Crippen LogP contribution in [0, 0.1) is 0 Å². The van der Waals surface area contributed by atoms with Crippen molar-refractivity contribution in [3.63, 3.8) is 0 Å². The van der Waals surface area contributed by atoms with E-state index in [0.717, 1.165) is 30.3 Å². The van der Waals surface area contributed by atoms with E-state index in [-0.39, 0.29) is 16.3 Å². The fraction of sp³-hybridized carbons (Fsp3) is 0.143. The van der Waals surface area contributed by atoms with Crippen LogP contribution in [0.15, 0.2) is 46.2 Å². The number of hydrogen-bond acceptors (Lipinski definition) is 5. The van der Waals surface area contributed by atoms with Gasteiger partial charge in [0.15, 0.2) is 0 Å². The Morgan fingerprint density at radius 2 is 1.81 bits per heavy atom. The molecular formula is C14H11ClF3N3O4S2. The van der Waals surface area contributed by atoms with Crippen LogP contribution in [0.4, 0.5) is 18.9 Å². The lowest BCUT2D eigenvalue weighted by Gasteiger charge is -2.29. The summed E-state index contributed by atoms with van der Waals surface area (Å²) in [6, 6.07) is 5.91. The van der Waals surface area contributed by atoms with Crippen LogP contribution in [0.2, 0.25) is 5.02 Å². The molecule has 0 saturated heterocycles. The van der Waals surface area contributed by atoms with Crippen LogP contribution in [0.25, 0.3) is 0 Å². The average Bonchev–Trinajstić information content (AvgIpc) is 2.51. The van der Waals surface area contributed by atoms with Gasteiger partial charge in [0.2, 0.25) is 20.0 Å². The van der Waals surface area contributed by atoms with E-state index >= 15 is 0 Å². The zero-order chi connectivity index (χ0) is 20.2. The third kappa shape index (κ3) is 3.89. The number of hydrogen-bond donors (Lipinski definition) is 3. The molecule has 0 spiro atoms. The van der Waals surface area contributed by atoms with Crippen molar-refractivity contribution in [3.8, 4) is 0 Å². The minimum Gasteiger partial charge on any atom is -0.364 e. The number of nitrogens with two attached hydrogens (primary N) is 1. The molecule has 2 aromatic rings. The lowest BCUT2D eigenvalue weighted by molar-refractivity contribution is -0.137. The predicted octanol–water partition coefficient (Wildman–Crippen LogP) is 2.41. The smallest absolute Gasteiger partial charge is 0.364 e. The fourth-order valence-electron chi connectivity index (χ4n) is 2.54. The molecule has 2 aromatic carbocycles. The van der Waals surface area contributed by atoms with E-state index in [1.807, 2.05) is 0 Å². The Kier molecular flexibility index (Phi) is 4.67. The van der Waals surface area contributed by atoms with E-state index in [2.05, 4.69) is 10.0 Å². The third-order valence-corrected chi connectivity index (χ3v) is 6.59. The summed E-state index contributed by atoms with van der Waals surface area (Å²) < 4.78 is 88.8. The maximum absolute atomic E-state index is 12.9. The minimum absolute atomic E-state index is 0.00527. The molecule has 3 rings (SSSR count). The molecule has 7 nitrogen and oxygen atoms in total. The van der Waals surface area contributed by atoms with Crippen molar-refractivity contribution in [2.45, 2.75) is 22.1 Å². The maximum Gasteiger partial charge on any atom is 0.416 e. The van der Waals surface area contributed by atoms with E-state index in [9.17, 15) is 30.0 Å². The number of halogens is 4. The second-order valence-corrected chi connectivity index (χ2v) is 9.27. The second kappa shape index (κ2) is 6.34. The van der Waals surface area contributed by atoms with E-state index < -0.39 is 47.7 Å². The average molecular weight is 442 g/mol. The molecule has 0 aromatic heterocycles. The van der Waals surface area contributed by atoms with Crippen molar-refractivity contribution in [2.75, 3.05) is 5.32 Å². The van der Waals surface area contributed by atoms with Gasteiger partial charge in [-0.05, 0) is 29.8 Å². The van der Waals surface area contributed by atoms with Gasteiger partial charge in [0, 0.05) is 0 Å². The quantitative estimate of drug-likeness (QED) is 0.661. The summed E-state index contributed by atoms with van der Waals surface area (Å²) in [4.78, 5) is -1.04. The first-order valence-electron chi connectivity index (χ1n) is 7.11. The number of primary sulfonamides is 1. The molecule has 27 heavy (non-hydrogen) atoms. The van der Waals surface area contributed by atoms with Crippen molar-refractivity contribution in [1.29, 1.82) is 0 Å². The summed E-state index contributed by atoms with van der Waals surface area (Å²) in [6.07, 6.45) is -5.82. The van der Waals surface area contributed by atoms with E-state index in [0.29, 0.717) is 0 Å². The monoisotopic (exact) mass is 441 g/mol. The van der Waals surface area contributed by atoms with Crippen LogP contribution < -0.4 is 15.2 Å². The Morgan fingerprint density at radius 3 is 2.41 bits per heavy atom. The summed E-state index contributed by atoms with van der Waals surface area (Å²) in [7, 11) is -8.54. The Morgan fingerprint density at radius 1 is 1.15 bits per heavy atom. The van der Waals surface area contributed by atoms with Crippen LogP contribution in [0.1, 0.15) is 17.3 Å². The summed E-state index contributed by atoms with van der Waals surface area (Å²) in [6.45, 7) is 0. The van der Waals surface area contributed by atoms with E-state index in [1.165, 1.54) is 6.07 Å². The van der Waals surface area contributed by atoms with Gasteiger partial charge in [0.1, 0.15) is 16.0 Å². The minimum atomic E-state index is -4.60. The van der Waals surface area contributed by atoms with Crippen LogP contribution in [0.3, 0.4) is 0 Å². The standard InChI is InChI=1S/C14H11ClF3N3O4S2/c15-9-5-10-12(6-11(9)26(19,22)23)27(24,25)21-13(20-10)7-2-1-3-8(4-7)14(16,17)18/h1-6,13,20-21H,(H2,19,22,23)/t13-/m1/s1. The van der Waals surface area contributed by atoms with Crippen LogP contribution in [0.5, 0.6) is 0 Å². The van der Waals surface area contributed by atoms with Gasteiger partial charge in [-0.2, -0.15) is 17.9 Å². The van der Waals surface area contributed by atoms with Crippen LogP contribution in [-0.2, 0) is 26.2 Å². The van der Waals surface area contributed by atoms with Crippen molar-refractivity contribution in [3.05, 3.63) is 52.5 Å². The summed E-state index contributed by atoms with van der Waals surface area (Å²) in [5.41, 5.74) is -1.02. The first-order valence-corrected chi connectivity index (χ1v) is 10.5. The molecule has 4 N–H and O–H groups in total. The van der Waals surface area contributed by atoms with Gasteiger partial charge in [-0.15, -0.1) is 0 Å². The Labute approximate surface area is 157 Å². The van der Waals surface area contributed by atoms with Crippen molar-refractivity contribution in [2.24, 2.45) is 5.14 Å². The summed E-state index contributed by atoms with van der Waals surface area (Å²) in [5, 5.41) is 7.36. The number of alkyl halides is 3. The first kappa shape index (κ1) is 19.9. The largest absolute Gasteiger partial charge is 0.416 e. The van der Waals surface area contributed by atoms with Crippen LogP contribution in [-0.4, -0.2) is 16.8 Å². The number of nitrogens with one attached hydrogen (secondary N) is 2. The van der Waals surface area contributed by atoms with Crippen molar-refractivity contribution < 1.29 is 30.0 Å². The maximum atomic E-state index is 12.9. The van der Waals surface area contributed by atoms with E-state index in [4.69, 9.17) is 16.7 Å². The van der Waals surface area contributed by atoms with Gasteiger partial charge in [0.05, 0.1) is 16.3 Å². The Bertz CT molecular complexity index is 1130. The number of fused-ring (bicyclic) bond motifs is 1. The van der Waals surface area contributed by atoms with Gasteiger partial charge < -0.3 is 5.32 Å². The molecule has 0 radical (unpaired) electrons. The van der Waals surface area contributed by atoms with Gasteiger partial charge in [0.25, 0.3) is 0 Å². The topological polar surface area (TPSA) is 118 Å². The lowest BCUT2D eigenvalue weighted by Crippen LogP contribution is -2.38. The van der Waals surface area contributed by atoms with Crippen LogP contribution >= 0.6 is 11.6 Å². The van der Waals surface area contributed by atoms with Crippen molar-refractivity contribution >= 4 is 37.3 Å². The lowest BCUT2D eigenvalue weighted by atomic mass is 10.1. The molecule has 13 heteroatoms. The number of benzene rings is 2. The normalized spacial score (nSPS) is 19.2. The summed E-state index contributed by atoms with van der Waals surface area (Å²) >= 11 is 5.85. The zero-order valence-corrected chi connectivity index (χ0v) is 15.5. The molecule has 0 amide bonds. The van der Waals surface area contributed by atoms with Gasteiger partial charge in [-0.25, -0.2) is 22.0 Å². The highest BCUT2D eigenvalue weighted by Gasteiger charge is 2.35. The first-order chi connectivity index (χ1) is 12.3. The molecule has 0 fully saturated rings. The number of rotatable bonds is 2. The molecule has 1 atom stereocenters. The fourth-order valence-corrected chi connectivity index (χ4v) is 5.02. The molecule has 1 heterocycles. The van der Waals surface area contributed by atoms with Gasteiger partial charge >= 0.3 is 6.18 Å². The molecule has 1 aliphatic heterocycles. The number of anilines is 1. The third-order valence-electron chi connectivity index (χ3n) is 3.75. The Balaban J connectivity index is 2.09. The summed E-state index contributed by atoms with van der Waals surface area (Å²) in [5.74, 6) is 0. The SMILES string of the molecule is NS(=O)(=O)c1cc2c(cc1Cl)N[C@@H](c1cccc(C(F)(F)F)c1)NS2(=O)=O. The number of sulfonamides is 2. The van der Waals surface area contributed by atoms with E-state index in [1.54, 1.807) is 0 Å². The predicted molar refractivity (Wildman–Crippen MR) is 91.0 cm³/mol. The molecule has 0 unspecified atom stereocenters.